The molecule has 0 unspecified atom stereocenters. The molecular formula is C12H21N3O3S. The Labute approximate surface area is 114 Å². The van der Waals surface area contributed by atoms with E-state index in [2.05, 4.69) is 10.3 Å². The van der Waals surface area contributed by atoms with Crippen LogP contribution in [0, 0.1) is 0 Å². The zero-order valence-electron chi connectivity index (χ0n) is 11.3. The Kier molecular flexibility index (Phi) is 6.20. The van der Waals surface area contributed by atoms with E-state index in [1.807, 2.05) is 6.92 Å². The van der Waals surface area contributed by atoms with Crippen molar-refractivity contribution >= 4 is 15.8 Å². The molecule has 0 fully saturated rings. The summed E-state index contributed by atoms with van der Waals surface area (Å²) in [7, 11) is -3.52. The number of hydrogen-bond acceptors (Lipinski definition) is 5. The van der Waals surface area contributed by atoms with Gasteiger partial charge >= 0.3 is 0 Å². The van der Waals surface area contributed by atoms with Crippen molar-refractivity contribution in [2.75, 3.05) is 31.6 Å². The number of rotatable bonds is 8. The number of sulfonamides is 1. The molecule has 0 atom stereocenters. The summed E-state index contributed by atoms with van der Waals surface area (Å²) >= 11 is 0. The van der Waals surface area contributed by atoms with Gasteiger partial charge in [0.1, 0.15) is 5.82 Å². The summed E-state index contributed by atoms with van der Waals surface area (Å²) in [6, 6.07) is 3.01. The standard InChI is InChI=1S/C12H21N3O3S/c1-3-13-12-10-11(6-7-14-12)19(17,18)15(4-2)8-5-9-16/h6-7,10,16H,3-5,8-9H2,1-2H3,(H,13,14). The highest BCUT2D eigenvalue weighted by atomic mass is 32.2. The van der Waals surface area contributed by atoms with Gasteiger partial charge in [-0.2, -0.15) is 4.31 Å². The van der Waals surface area contributed by atoms with E-state index < -0.39 is 10.0 Å². The molecule has 2 N–H and O–H groups in total. The largest absolute Gasteiger partial charge is 0.396 e. The maximum atomic E-state index is 12.4. The first kappa shape index (κ1) is 15.9. The predicted octanol–water partition coefficient (Wildman–Crippen LogP) is 0.906. The Hall–Kier alpha value is -1.18. The fourth-order valence-electron chi connectivity index (χ4n) is 1.69. The highest BCUT2D eigenvalue weighted by Gasteiger charge is 2.22. The number of hydrogen-bond donors (Lipinski definition) is 2. The van der Waals surface area contributed by atoms with E-state index in [1.54, 1.807) is 6.92 Å². The topological polar surface area (TPSA) is 82.5 Å². The van der Waals surface area contributed by atoms with Crippen molar-refractivity contribution in [1.82, 2.24) is 9.29 Å². The lowest BCUT2D eigenvalue weighted by atomic mass is 10.4. The summed E-state index contributed by atoms with van der Waals surface area (Å²) in [5, 5.41) is 11.8. The molecule has 6 nitrogen and oxygen atoms in total. The molecule has 0 spiro atoms. The third-order valence-corrected chi connectivity index (χ3v) is 4.62. The van der Waals surface area contributed by atoms with E-state index in [0.717, 1.165) is 0 Å². The van der Waals surface area contributed by atoms with Crippen molar-refractivity contribution in [3.05, 3.63) is 18.3 Å². The molecule has 7 heteroatoms. The van der Waals surface area contributed by atoms with Gasteiger partial charge in [0.25, 0.3) is 0 Å². The maximum absolute atomic E-state index is 12.4. The van der Waals surface area contributed by atoms with Crippen LogP contribution in [0.25, 0.3) is 0 Å². The minimum absolute atomic E-state index is 0.0228. The fourth-order valence-corrected chi connectivity index (χ4v) is 3.19. The van der Waals surface area contributed by atoms with Crippen molar-refractivity contribution in [3.8, 4) is 0 Å². The average molecular weight is 287 g/mol. The summed E-state index contributed by atoms with van der Waals surface area (Å²) in [6.45, 7) is 5.04. The lowest BCUT2D eigenvalue weighted by Crippen LogP contribution is -2.32. The van der Waals surface area contributed by atoms with Gasteiger partial charge in [-0.3, -0.25) is 0 Å². The predicted molar refractivity (Wildman–Crippen MR) is 74.5 cm³/mol. The van der Waals surface area contributed by atoms with Crippen LogP contribution in [0.15, 0.2) is 23.2 Å². The number of pyridine rings is 1. The van der Waals surface area contributed by atoms with Crippen molar-refractivity contribution < 1.29 is 13.5 Å². The second-order valence-electron chi connectivity index (χ2n) is 3.98. The number of aromatic nitrogens is 1. The molecule has 19 heavy (non-hydrogen) atoms. The van der Waals surface area contributed by atoms with E-state index in [1.165, 1.54) is 22.6 Å². The molecule has 108 valence electrons. The van der Waals surface area contributed by atoms with Gasteiger partial charge in [-0.05, 0) is 19.4 Å². The van der Waals surface area contributed by atoms with Gasteiger partial charge in [0.15, 0.2) is 0 Å². The summed E-state index contributed by atoms with van der Waals surface area (Å²) in [4.78, 5) is 4.28. The molecule has 0 aliphatic carbocycles. The third kappa shape index (κ3) is 4.15. The van der Waals surface area contributed by atoms with Crippen LogP contribution in [0.4, 0.5) is 5.82 Å². The average Bonchev–Trinajstić information content (AvgIpc) is 2.40. The van der Waals surface area contributed by atoms with Crippen LogP contribution in [0.5, 0.6) is 0 Å². The van der Waals surface area contributed by atoms with Gasteiger partial charge < -0.3 is 10.4 Å². The Morgan fingerprint density at radius 2 is 2.16 bits per heavy atom. The molecule has 0 saturated carbocycles. The van der Waals surface area contributed by atoms with E-state index in [9.17, 15) is 8.42 Å². The Morgan fingerprint density at radius 3 is 2.74 bits per heavy atom. The second-order valence-corrected chi connectivity index (χ2v) is 5.92. The minimum atomic E-state index is -3.52. The van der Waals surface area contributed by atoms with Crippen LogP contribution in [0.3, 0.4) is 0 Å². The van der Waals surface area contributed by atoms with Gasteiger partial charge in [-0.15, -0.1) is 0 Å². The fraction of sp³-hybridized carbons (Fsp3) is 0.583. The number of nitrogens with one attached hydrogen (secondary N) is 1. The molecule has 1 rings (SSSR count). The summed E-state index contributed by atoms with van der Waals surface area (Å²) < 4.78 is 26.2. The second kappa shape index (κ2) is 7.42. The molecule has 1 heterocycles. The van der Waals surface area contributed by atoms with Crippen molar-refractivity contribution in [2.45, 2.75) is 25.2 Å². The molecule has 0 aliphatic heterocycles. The summed E-state index contributed by atoms with van der Waals surface area (Å²) in [5.74, 6) is 0.543. The maximum Gasteiger partial charge on any atom is 0.243 e. The first-order valence-electron chi connectivity index (χ1n) is 6.37. The Balaban J connectivity index is 3.00. The number of anilines is 1. The van der Waals surface area contributed by atoms with E-state index in [-0.39, 0.29) is 11.5 Å². The molecule has 1 aromatic heterocycles. The molecule has 0 amide bonds. The molecule has 0 aromatic carbocycles. The Bertz CT molecular complexity index is 491. The molecule has 0 bridgehead atoms. The zero-order chi connectivity index (χ0) is 14.3. The first-order valence-corrected chi connectivity index (χ1v) is 7.81. The SMILES string of the molecule is CCNc1cc(S(=O)(=O)N(CC)CCCO)ccn1. The molecule has 0 radical (unpaired) electrons. The number of nitrogens with zero attached hydrogens (tertiary/aromatic N) is 2. The van der Waals surface area contributed by atoms with Gasteiger partial charge in [-0.1, -0.05) is 6.92 Å². The van der Waals surface area contributed by atoms with Crippen LogP contribution in [0.1, 0.15) is 20.3 Å². The van der Waals surface area contributed by atoms with Crippen molar-refractivity contribution in [3.63, 3.8) is 0 Å². The summed E-state index contributed by atoms with van der Waals surface area (Å²) in [5.41, 5.74) is 0. The van der Waals surface area contributed by atoms with Crippen LogP contribution in [-0.4, -0.2) is 49.1 Å². The zero-order valence-corrected chi connectivity index (χ0v) is 12.2. The van der Waals surface area contributed by atoms with Crippen molar-refractivity contribution in [2.24, 2.45) is 0 Å². The normalized spacial score (nSPS) is 11.8. The van der Waals surface area contributed by atoms with Crippen LogP contribution >= 0.6 is 0 Å². The molecule has 0 aliphatic rings. The minimum Gasteiger partial charge on any atom is -0.396 e. The molecule has 0 saturated heterocycles. The number of aliphatic hydroxyl groups excluding tert-OH is 1. The van der Waals surface area contributed by atoms with Crippen molar-refractivity contribution in [1.29, 1.82) is 0 Å². The van der Waals surface area contributed by atoms with Crippen LogP contribution < -0.4 is 5.32 Å². The Morgan fingerprint density at radius 1 is 1.42 bits per heavy atom. The van der Waals surface area contributed by atoms with E-state index in [0.29, 0.717) is 31.9 Å². The lowest BCUT2D eigenvalue weighted by Gasteiger charge is -2.20. The van der Waals surface area contributed by atoms with Gasteiger partial charge in [0.05, 0.1) is 4.90 Å². The quantitative estimate of drug-likeness (QED) is 0.742. The van der Waals surface area contributed by atoms with E-state index >= 15 is 0 Å². The highest BCUT2D eigenvalue weighted by Crippen LogP contribution is 2.18. The van der Waals surface area contributed by atoms with Gasteiger partial charge in [0, 0.05) is 38.5 Å². The smallest absolute Gasteiger partial charge is 0.243 e. The molecule has 1 aromatic rings. The first-order chi connectivity index (χ1) is 9.06. The van der Waals surface area contributed by atoms with E-state index in [4.69, 9.17) is 5.11 Å². The van der Waals surface area contributed by atoms with Crippen LogP contribution in [0.2, 0.25) is 0 Å². The molecular weight excluding hydrogens is 266 g/mol. The third-order valence-electron chi connectivity index (χ3n) is 2.65. The lowest BCUT2D eigenvalue weighted by molar-refractivity contribution is 0.271. The van der Waals surface area contributed by atoms with Gasteiger partial charge in [0.2, 0.25) is 10.0 Å². The summed E-state index contributed by atoms with van der Waals surface area (Å²) in [6.07, 6.45) is 1.91. The highest BCUT2D eigenvalue weighted by molar-refractivity contribution is 7.89. The van der Waals surface area contributed by atoms with Gasteiger partial charge in [-0.25, -0.2) is 13.4 Å². The number of aliphatic hydroxyl groups is 1. The van der Waals surface area contributed by atoms with Crippen LogP contribution in [-0.2, 0) is 10.0 Å². The monoisotopic (exact) mass is 287 g/mol.